The third kappa shape index (κ3) is 4.34. The van der Waals surface area contributed by atoms with Crippen LogP contribution in [-0.2, 0) is 16.1 Å². The summed E-state index contributed by atoms with van der Waals surface area (Å²) < 4.78 is 5.13. The predicted molar refractivity (Wildman–Crippen MR) is 93.6 cm³/mol. The summed E-state index contributed by atoms with van der Waals surface area (Å²) in [5.74, 6) is 0.340. The van der Waals surface area contributed by atoms with E-state index in [0.717, 1.165) is 58.6 Å². The molecule has 5 heteroatoms. The SMILES string of the molecule is COCCCN1CC2(CCC1=O)CCN(Cc1ccsc1)CC2. The van der Waals surface area contributed by atoms with Crippen molar-refractivity contribution in [1.29, 1.82) is 0 Å². The van der Waals surface area contributed by atoms with E-state index >= 15 is 0 Å². The number of rotatable bonds is 6. The van der Waals surface area contributed by atoms with Crippen LogP contribution in [0.5, 0.6) is 0 Å². The van der Waals surface area contributed by atoms with Gasteiger partial charge in [-0.25, -0.2) is 0 Å². The molecule has 1 amide bonds. The van der Waals surface area contributed by atoms with E-state index in [1.165, 1.54) is 18.4 Å². The van der Waals surface area contributed by atoms with Crippen LogP contribution in [0, 0.1) is 5.41 Å². The van der Waals surface area contributed by atoms with E-state index < -0.39 is 0 Å². The highest BCUT2D eigenvalue weighted by Gasteiger charge is 2.40. The lowest BCUT2D eigenvalue weighted by Crippen LogP contribution is -2.51. The Kier molecular flexibility index (Phi) is 5.72. The zero-order valence-electron chi connectivity index (χ0n) is 14.1. The van der Waals surface area contributed by atoms with Gasteiger partial charge in [-0.15, -0.1) is 0 Å². The van der Waals surface area contributed by atoms with E-state index in [9.17, 15) is 4.79 Å². The van der Waals surface area contributed by atoms with Gasteiger partial charge in [-0.3, -0.25) is 9.69 Å². The van der Waals surface area contributed by atoms with E-state index in [0.29, 0.717) is 11.3 Å². The molecule has 0 N–H and O–H groups in total. The van der Waals surface area contributed by atoms with Gasteiger partial charge in [0.1, 0.15) is 0 Å². The molecule has 1 spiro atoms. The van der Waals surface area contributed by atoms with E-state index in [2.05, 4.69) is 26.6 Å². The number of amides is 1. The van der Waals surface area contributed by atoms with Gasteiger partial charge in [0.25, 0.3) is 0 Å². The molecule has 2 saturated heterocycles. The van der Waals surface area contributed by atoms with Gasteiger partial charge in [0.05, 0.1) is 0 Å². The normalized spacial score (nSPS) is 22.0. The summed E-state index contributed by atoms with van der Waals surface area (Å²) in [6.45, 7) is 5.96. The predicted octanol–water partition coefficient (Wildman–Crippen LogP) is 2.99. The van der Waals surface area contributed by atoms with Crippen molar-refractivity contribution in [3.8, 4) is 0 Å². The van der Waals surface area contributed by atoms with Gasteiger partial charge >= 0.3 is 0 Å². The number of piperidine rings is 2. The summed E-state index contributed by atoms with van der Waals surface area (Å²) in [6, 6.07) is 2.23. The molecule has 3 rings (SSSR count). The fourth-order valence-electron chi connectivity index (χ4n) is 3.94. The van der Waals surface area contributed by atoms with Crippen LogP contribution in [0.25, 0.3) is 0 Å². The maximum absolute atomic E-state index is 12.2. The van der Waals surface area contributed by atoms with Crippen LogP contribution in [0.2, 0.25) is 0 Å². The summed E-state index contributed by atoms with van der Waals surface area (Å²) in [4.78, 5) is 16.8. The Hall–Kier alpha value is -0.910. The van der Waals surface area contributed by atoms with E-state index in [4.69, 9.17) is 4.74 Å². The van der Waals surface area contributed by atoms with Gasteiger partial charge in [-0.05, 0) is 66.6 Å². The molecule has 0 saturated carbocycles. The summed E-state index contributed by atoms with van der Waals surface area (Å²) in [5.41, 5.74) is 1.80. The lowest BCUT2D eigenvalue weighted by molar-refractivity contribution is -0.139. The summed E-state index contributed by atoms with van der Waals surface area (Å²) >= 11 is 1.78. The van der Waals surface area contributed by atoms with E-state index in [-0.39, 0.29) is 0 Å². The van der Waals surface area contributed by atoms with Crippen molar-refractivity contribution in [3.05, 3.63) is 22.4 Å². The Bertz CT molecular complexity index is 495. The van der Waals surface area contributed by atoms with Crippen molar-refractivity contribution in [2.45, 2.75) is 38.6 Å². The molecule has 0 atom stereocenters. The number of ether oxygens (including phenoxy) is 1. The fraction of sp³-hybridized carbons (Fsp3) is 0.722. The number of carbonyl (C=O) groups is 1. The van der Waals surface area contributed by atoms with Gasteiger partial charge in [0.2, 0.25) is 5.91 Å². The molecule has 2 aliphatic rings. The molecule has 2 aliphatic heterocycles. The number of hydrogen-bond donors (Lipinski definition) is 0. The second-order valence-electron chi connectivity index (χ2n) is 7.07. The van der Waals surface area contributed by atoms with Crippen molar-refractivity contribution < 1.29 is 9.53 Å². The molecule has 0 bridgehead atoms. The zero-order valence-corrected chi connectivity index (χ0v) is 14.9. The highest BCUT2D eigenvalue weighted by Crippen LogP contribution is 2.40. The summed E-state index contributed by atoms with van der Waals surface area (Å²) in [7, 11) is 1.72. The Balaban J connectivity index is 1.51. The fourth-order valence-corrected chi connectivity index (χ4v) is 4.60. The lowest BCUT2D eigenvalue weighted by atomic mass is 9.72. The Morgan fingerprint density at radius 3 is 2.83 bits per heavy atom. The first-order chi connectivity index (χ1) is 11.2. The Morgan fingerprint density at radius 2 is 2.13 bits per heavy atom. The third-order valence-electron chi connectivity index (χ3n) is 5.43. The van der Waals surface area contributed by atoms with Gasteiger partial charge < -0.3 is 9.64 Å². The largest absolute Gasteiger partial charge is 0.385 e. The summed E-state index contributed by atoms with van der Waals surface area (Å²) in [5, 5.41) is 4.41. The topological polar surface area (TPSA) is 32.8 Å². The van der Waals surface area contributed by atoms with Gasteiger partial charge in [0.15, 0.2) is 0 Å². The molecule has 1 aromatic heterocycles. The van der Waals surface area contributed by atoms with Gasteiger partial charge in [0, 0.05) is 39.8 Å². The molecule has 3 heterocycles. The third-order valence-corrected chi connectivity index (χ3v) is 6.16. The number of hydrogen-bond acceptors (Lipinski definition) is 4. The van der Waals surface area contributed by atoms with Crippen LogP contribution in [0.1, 0.15) is 37.7 Å². The number of carbonyl (C=O) groups excluding carboxylic acids is 1. The van der Waals surface area contributed by atoms with Crippen LogP contribution in [-0.4, -0.2) is 55.6 Å². The van der Waals surface area contributed by atoms with Crippen LogP contribution >= 0.6 is 11.3 Å². The maximum atomic E-state index is 12.2. The molecular formula is C18H28N2O2S. The molecule has 0 radical (unpaired) electrons. The highest BCUT2D eigenvalue weighted by molar-refractivity contribution is 7.07. The van der Waals surface area contributed by atoms with Crippen molar-refractivity contribution >= 4 is 17.2 Å². The Morgan fingerprint density at radius 1 is 1.30 bits per heavy atom. The molecule has 0 unspecified atom stereocenters. The van der Waals surface area contributed by atoms with Crippen LogP contribution in [0.4, 0.5) is 0 Å². The minimum atomic E-state index is 0.340. The molecule has 128 valence electrons. The van der Waals surface area contributed by atoms with Crippen molar-refractivity contribution in [1.82, 2.24) is 9.80 Å². The van der Waals surface area contributed by atoms with Crippen LogP contribution in [0.15, 0.2) is 16.8 Å². The van der Waals surface area contributed by atoms with Gasteiger partial charge in [-0.1, -0.05) is 0 Å². The molecule has 0 aliphatic carbocycles. The molecule has 23 heavy (non-hydrogen) atoms. The second-order valence-corrected chi connectivity index (χ2v) is 7.85. The smallest absolute Gasteiger partial charge is 0.222 e. The average molecular weight is 337 g/mol. The minimum Gasteiger partial charge on any atom is -0.385 e. The van der Waals surface area contributed by atoms with E-state index in [1.807, 2.05) is 0 Å². The first-order valence-corrected chi connectivity index (χ1v) is 9.65. The quantitative estimate of drug-likeness (QED) is 0.749. The average Bonchev–Trinajstić information content (AvgIpc) is 3.07. The first-order valence-electron chi connectivity index (χ1n) is 8.71. The zero-order chi connectivity index (χ0) is 16.1. The van der Waals surface area contributed by atoms with E-state index in [1.54, 1.807) is 18.4 Å². The minimum absolute atomic E-state index is 0.340. The Labute approximate surface area is 143 Å². The van der Waals surface area contributed by atoms with Crippen LogP contribution in [0.3, 0.4) is 0 Å². The second kappa shape index (κ2) is 7.77. The number of likely N-dealkylation sites (tertiary alicyclic amines) is 2. The number of nitrogens with zero attached hydrogens (tertiary/aromatic N) is 2. The molecule has 4 nitrogen and oxygen atoms in total. The number of thiophene rings is 1. The van der Waals surface area contributed by atoms with Crippen molar-refractivity contribution in [3.63, 3.8) is 0 Å². The standard InChI is InChI=1S/C18H28N2O2S/c1-22-11-2-8-20-15-18(5-3-17(20)21)6-9-19(10-7-18)13-16-4-12-23-14-16/h4,12,14H,2-3,5-11,13,15H2,1H3. The lowest BCUT2D eigenvalue weighted by Gasteiger charge is -2.47. The molecule has 0 aromatic carbocycles. The number of methoxy groups -OCH3 is 1. The molecular weight excluding hydrogens is 308 g/mol. The van der Waals surface area contributed by atoms with Crippen molar-refractivity contribution in [2.24, 2.45) is 5.41 Å². The molecule has 1 aromatic rings. The maximum Gasteiger partial charge on any atom is 0.222 e. The van der Waals surface area contributed by atoms with Crippen molar-refractivity contribution in [2.75, 3.05) is 39.9 Å². The highest BCUT2D eigenvalue weighted by atomic mass is 32.1. The monoisotopic (exact) mass is 336 g/mol. The first kappa shape index (κ1) is 16.9. The summed E-state index contributed by atoms with van der Waals surface area (Å²) in [6.07, 6.45) is 5.22. The van der Waals surface area contributed by atoms with Gasteiger partial charge in [-0.2, -0.15) is 11.3 Å². The van der Waals surface area contributed by atoms with Crippen LogP contribution < -0.4 is 0 Å². The molecule has 2 fully saturated rings.